The van der Waals surface area contributed by atoms with Crippen LogP contribution in [0.25, 0.3) is 0 Å². The van der Waals surface area contributed by atoms with E-state index < -0.39 is 16.2 Å². The normalized spacial score (nSPS) is 35.8. The second kappa shape index (κ2) is 6.81. The standard InChI is InChI=1S/C18H24O6S.Na.H/c1-17-8-6-13-12-7-9-18(20,24-25(21,22)23)10-11(12)2-3-14(13)15(17)4-5-16(17)19;;/h2-3,15-16,19-20H,4-10H2,1H3,(H,21,22,23);;/t15?,16-,17-,18+;;/m0../s1. The third-order valence-corrected chi connectivity index (χ3v) is 7.15. The summed E-state index contributed by atoms with van der Waals surface area (Å²) in [5.41, 5.74) is 4.57. The average Bonchev–Trinajstić information content (AvgIpc) is 2.80. The van der Waals surface area contributed by atoms with Crippen LogP contribution in [0.15, 0.2) is 12.1 Å². The van der Waals surface area contributed by atoms with Crippen molar-refractivity contribution < 1.29 is 27.4 Å². The summed E-state index contributed by atoms with van der Waals surface area (Å²) < 4.78 is 35.4. The van der Waals surface area contributed by atoms with Crippen molar-refractivity contribution in [3.8, 4) is 0 Å². The molecular weight excluding hydrogens is 367 g/mol. The number of hydrogen-bond donors (Lipinski definition) is 3. The van der Waals surface area contributed by atoms with Crippen molar-refractivity contribution >= 4 is 40.0 Å². The fourth-order valence-electron chi connectivity index (χ4n) is 5.29. The number of hydrogen-bond acceptors (Lipinski definition) is 5. The van der Waals surface area contributed by atoms with Crippen LogP contribution in [0, 0.1) is 5.41 Å². The summed E-state index contributed by atoms with van der Waals surface area (Å²) in [5, 5.41) is 20.8. The van der Waals surface area contributed by atoms with E-state index in [0.717, 1.165) is 31.2 Å². The summed E-state index contributed by atoms with van der Waals surface area (Å²) >= 11 is 0. The summed E-state index contributed by atoms with van der Waals surface area (Å²) in [5.74, 6) is -1.53. The van der Waals surface area contributed by atoms with Gasteiger partial charge in [-0.3, -0.25) is 4.55 Å². The Balaban J connectivity index is 0.00000196. The van der Waals surface area contributed by atoms with E-state index >= 15 is 0 Å². The first-order chi connectivity index (χ1) is 11.6. The molecule has 3 aliphatic rings. The minimum atomic E-state index is -4.71. The molecule has 26 heavy (non-hydrogen) atoms. The van der Waals surface area contributed by atoms with E-state index in [-0.39, 0.29) is 53.9 Å². The van der Waals surface area contributed by atoms with E-state index in [9.17, 15) is 18.6 Å². The van der Waals surface area contributed by atoms with Crippen LogP contribution in [0.2, 0.25) is 0 Å². The van der Waals surface area contributed by atoms with Gasteiger partial charge in [-0.05, 0) is 60.3 Å². The molecule has 140 valence electrons. The van der Waals surface area contributed by atoms with E-state index in [1.165, 1.54) is 16.7 Å². The van der Waals surface area contributed by atoms with Crippen molar-refractivity contribution in [1.29, 1.82) is 0 Å². The Hall–Kier alpha value is 0.01000. The Kier molecular flexibility index (Phi) is 5.43. The molecule has 3 aliphatic carbocycles. The molecule has 1 saturated carbocycles. The van der Waals surface area contributed by atoms with Crippen LogP contribution in [0.4, 0.5) is 0 Å². The van der Waals surface area contributed by atoms with Gasteiger partial charge < -0.3 is 10.2 Å². The van der Waals surface area contributed by atoms with Gasteiger partial charge in [0.1, 0.15) is 0 Å². The molecule has 4 atom stereocenters. The molecule has 1 unspecified atom stereocenters. The van der Waals surface area contributed by atoms with Crippen LogP contribution in [-0.2, 0) is 33.8 Å². The maximum atomic E-state index is 11.0. The minimum absolute atomic E-state index is 0. The van der Waals surface area contributed by atoms with Gasteiger partial charge in [-0.2, -0.15) is 8.42 Å². The molecule has 6 nitrogen and oxygen atoms in total. The van der Waals surface area contributed by atoms with Crippen LogP contribution < -0.4 is 0 Å². The summed E-state index contributed by atoms with van der Waals surface area (Å²) in [4.78, 5) is 0. The van der Waals surface area contributed by atoms with Gasteiger partial charge in [-0.25, -0.2) is 4.18 Å². The zero-order valence-corrected chi connectivity index (χ0v) is 15.1. The summed E-state index contributed by atoms with van der Waals surface area (Å²) in [6, 6.07) is 4.00. The van der Waals surface area contributed by atoms with Crippen LogP contribution in [-0.4, -0.2) is 64.6 Å². The molecule has 0 bridgehead atoms. The van der Waals surface area contributed by atoms with Gasteiger partial charge >= 0.3 is 40.0 Å². The molecule has 0 aliphatic heterocycles. The van der Waals surface area contributed by atoms with Gasteiger partial charge in [0.15, 0.2) is 5.79 Å². The van der Waals surface area contributed by atoms with Crippen molar-refractivity contribution in [1.82, 2.24) is 0 Å². The molecule has 0 spiro atoms. The topological polar surface area (TPSA) is 104 Å². The Labute approximate surface area is 176 Å². The van der Waals surface area contributed by atoms with E-state index in [2.05, 4.69) is 17.2 Å². The van der Waals surface area contributed by atoms with Gasteiger partial charge in [0.05, 0.1) is 6.10 Å². The van der Waals surface area contributed by atoms with E-state index in [1.54, 1.807) is 0 Å². The Morgan fingerprint density at radius 2 is 1.85 bits per heavy atom. The van der Waals surface area contributed by atoms with Gasteiger partial charge in [-0.15, -0.1) is 0 Å². The Morgan fingerprint density at radius 1 is 1.15 bits per heavy atom. The van der Waals surface area contributed by atoms with Crippen molar-refractivity contribution in [3.63, 3.8) is 0 Å². The molecular formula is C18H25NaO6S. The SMILES string of the molecule is C[C@]12CCc3c(ccc4c3CC[C@@](O)(OS(=O)(=O)O)C4)C1CC[C@@H]2O.[NaH]. The van der Waals surface area contributed by atoms with Crippen molar-refractivity contribution in [2.75, 3.05) is 0 Å². The molecule has 0 saturated heterocycles. The molecule has 8 heteroatoms. The maximum absolute atomic E-state index is 11.0. The molecule has 0 amide bonds. The van der Waals surface area contributed by atoms with Gasteiger partial charge in [0.2, 0.25) is 0 Å². The van der Waals surface area contributed by atoms with Crippen LogP contribution in [0.5, 0.6) is 0 Å². The molecule has 1 fully saturated rings. The van der Waals surface area contributed by atoms with E-state index in [4.69, 9.17) is 4.55 Å². The number of rotatable bonds is 2. The zero-order valence-electron chi connectivity index (χ0n) is 14.2. The third-order valence-electron chi connectivity index (χ3n) is 6.63. The van der Waals surface area contributed by atoms with Gasteiger partial charge in [-0.1, -0.05) is 19.1 Å². The number of fused-ring (bicyclic) bond motifs is 5. The summed E-state index contributed by atoms with van der Waals surface area (Å²) in [6.45, 7) is 2.18. The van der Waals surface area contributed by atoms with Gasteiger partial charge in [0, 0.05) is 18.3 Å². The second-order valence-electron chi connectivity index (χ2n) is 8.06. The first-order valence-corrected chi connectivity index (χ1v) is 10.2. The Bertz CT molecular complexity index is 825. The van der Waals surface area contributed by atoms with Crippen LogP contribution >= 0.6 is 0 Å². The number of benzene rings is 1. The summed E-state index contributed by atoms with van der Waals surface area (Å²) in [6.07, 6.45) is 4.07. The molecule has 1 aromatic carbocycles. The summed E-state index contributed by atoms with van der Waals surface area (Å²) in [7, 11) is -4.71. The molecule has 0 radical (unpaired) electrons. The predicted octanol–water partition coefficient (Wildman–Crippen LogP) is 1.23. The fourth-order valence-corrected chi connectivity index (χ4v) is 5.83. The number of aliphatic hydroxyl groups is 2. The molecule has 1 aromatic rings. The third kappa shape index (κ3) is 3.42. The molecule has 0 heterocycles. The predicted molar refractivity (Wildman–Crippen MR) is 97.6 cm³/mol. The fraction of sp³-hybridized carbons (Fsp3) is 0.667. The van der Waals surface area contributed by atoms with Crippen molar-refractivity contribution in [2.24, 2.45) is 5.41 Å². The first-order valence-electron chi connectivity index (χ1n) is 8.83. The second-order valence-corrected chi connectivity index (χ2v) is 9.08. The number of aliphatic hydroxyl groups excluding tert-OH is 1. The van der Waals surface area contributed by atoms with Crippen molar-refractivity contribution in [2.45, 2.75) is 69.7 Å². The first kappa shape index (κ1) is 20.7. The molecule has 4 rings (SSSR count). The zero-order chi connectivity index (χ0) is 18.0. The molecule has 0 aromatic heterocycles. The van der Waals surface area contributed by atoms with Crippen LogP contribution in [0.3, 0.4) is 0 Å². The Morgan fingerprint density at radius 3 is 2.54 bits per heavy atom. The van der Waals surface area contributed by atoms with E-state index in [1.807, 2.05) is 6.07 Å². The average molecular weight is 392 g/mol. The quantitative estimate of drug-likeness (QED) is 0.397. The van der Waals surface area contributed by atoms with Gasteiger partial charge in [0.25, 0.3) is 0 Å². The van der Waals surface area contributed by atoms with E-state index in [0.29, 0.717) is 12.3 Å². The van der Waals surface area contributed by atoms with Crippen LogP contribution in [0.1, 0.15) is 60.8 Å². The monoisotopic (exact) mass is 392 g/mol. The van der Waals surface area contributed by atoms with Crippen molar-refractivity contribution in [3.05, 3.63) is 34.4 Å². The molecule has 3 N–H and O–H groups in total.